The Labute approximate surface area is 201 Å². The lowest BCUT2D eigenvalue weighted by molar-refractivity contribution is -0.119. The molecule has 1 aromatic heterocycles. The van der Waals surface area contributed by atoms with Gasteiger partial charge >= 0.3 is 0 Å². The van der Waals surface area contributed by atoms with Gasteiger partial charge in [0.05, 0.1) is 12.9 Å². The maximum absolute atomic E-state index is 12.8. The summed E-state index contributed by atoms with van der Waals surface area (Å²) in [7, 11) is 1.63. The molecule has 2 aliphatic heterocycles. The summed E-state index contributed by atoms with van der Waals surface area (Å²) in [5.41, 5.74) is 1.83. The van der Waals surface area contributed by atoms with Crippen molar-refractivity contribution in [3.05, 3.63) is 54.4 Å². The van der Waals surface area contributed by atoms with E-state index in [-0.39, 0.29) is 23.9 Å². The van der Waals surface area contributed by atoms with E-state index in [1.165, 1.54) is 11.8 Å². The SMILES string of the molecule is COc1ccc(-n2cnnc2SCC(=O)NCC2(c3ccc4c(c3)OCO4)CCOCC2)cc1. The fourth-order valence-electron chi connectivity index (χ4n) is 4.25. The lowest BCUT2D eigenvalue weighted by Gasteiger charge is -2.38. The number of thioether (sulfide) groups is 1. The molecule has 0 bridgehead atoms. The van der Waals surface area contributed by atoms with Gasteiger partial charge in [-0.15, -0.1) is 10.2 Å². The molecule has 1 amide bonds. The highest BCUT2D eigenvalue weighted by Crippen LogP contribution is 2.40. The summed E-state index contributed by atoms with van der Waals surface area (Å²) in [6.45, 7) is 2.08. The molecular formula is C24H26N4O5S. The molecule has 2 aliphatic rings. The Morgan fingerprint density at radius 2 is 1.94 bits per heavy atom. The molecule has 10 heteroatoms. The van der Waals surface area contributed by atoms with Crippen molar-refractivity contribution in [2.45, 2.75) is 23.4 Å². The van der Waals surface area contributed by atoms with Gasteiger partial charge in [-0.2, -0.15) is 0 Å². The third-order valence-electron chi connectivity index (χ3n) is 6.26. The number of nitrogens with zero attached hydrogens (tertiary/aromatic N) is 3. The Balaban J connectivity index is 1.23. The quantitative estimate of drug-likeness (QED) is 0.490. The molecule has 34 heavy (non-hydrogen) atoms. The van der Waals surface area contributed by atoms with Crippen molar-refractivity contribution in [2.24, 2.45) is 0 Å². The normalized spacial score (nSPS) is 16.3. The van der Waals surface area contributed by atoms with Crippen LogP contribution in [-0.4, -0.2) is 60.1 Å². The average Bonchev–Trinajstić information content (AvgIpc) is 3.56. The predicted octanol–water partition coefficient (Wildman–Crippen LogP) is 2.96. The molecule has 0 atom stereocenters. The number of rotatable bonds is 8. The van der Waals surface area contributed by atoms with Gasteiger partial charge in [0.1, 0.15) is 12.1 Å². The standard InChI is InChI=1S/C24H26N4O5S/c1-30-19-5-3-18(4-6-19)28-15-26-27-23(28)34-13-22(29)25-14-24(8-10-31-11-9-24)17-2-7-20-21(12-17)33-16-32-20/h2-7,12,15H,8-11,13-14,16H2,1H3,(H,25,29). The second-order valence-electron chi connectivity index (χ2n) is 8.21. The molecule has 1 N–H and O–H groups in total. The molecule has 1 saturated heterocycles. The fourth-order valence-corrected chi connectivity index (χ4v) is 5.01. The highest BCUT2D eigenvalue weighted by Gasteiger charge is 2.36. The first-order valence-corrected chi connectivity index (χ1v) is 12.1. The van der Waals surface area contributed by atoms with Crippen LogP contribution >= 0.6 is 11.8 Å². The van der Waals surface area contributed by atoms with Crippen molar-refractivity contribution < 1.29 is 23.7 Å². The Hall–Kier alpha value is -3.24. The third kappa shape index (κ3) is 4.69. The first kappa shape index (κ1) is 22.5. The summed E-state index contributed by atoms with van der Waals surface area (Å²) in [6, 6.07) is 13.6. The molecule has 0 saturated carbocycles. The van der Waals surface area contributed by atoms with E-state index < -0.39 is 0 Å². The maximum atomic E-state index is 12.8. The molecule has 0 aliphatic carbocycles. The molecule has 0 spiro atoms. The second kappa shape index (κ2) is 9.94. The van der Waals surface area contributed by atoms with Crippen LogP contribution in [0.3, 0.4) is 0 Å². The van der Waals surface area contributed by atoms with Gasteiger partial charge in [-0.05, 0) is 54.8 Å². The first-order valence-electron chi connectivity index (χ1n) is 11.1. The van der Waals surface area contributed by atoms with Gasteiger partial charge in [-0.1, -0.05) is 17.8 Å². The van der Waals surface area contributed by atoms with Gasteiger partial charge in [-0.3, -0.25) is 9.36 Å². The van der Waals surface area contributed by atoms with Crippen LogP contribution in [0.4, 0.5) is 0 Å². The number of methoxy groups -OCH3 is 1. The second-order valence-corrected chi connectivity index (χ2v) is 9.15. The van der Waals surface area contributed by atoms with Gasteiger partial charge in [-0.25, -0.2) is 0 Å². The number of fused-ring (bicyclic) bond motifs is 1. The number of hydrogen-bond acceptors (Lipinski definition) is 8. The van der Waals surface area contributed by atoms with Crippen LogP contribution in [0.2, 0.25) is 0 Å². The zero-order valence-electron chi connectivity index (χ0n) is 18.9. The van der Waals surface area contributed by atoms with Crippen LogP contribution in [0.1, 0.15) is 18.4 Å². The predicted molar refractivity (Wildman–Crippen MR) is 126 cm³/mol. The van der Waals surface area contributed by atoms with Crippen molar-refractivity contribution >= 4 is 17.7 Å². The lowest BCUT2D eigenvalue weighted by Crippen LogP contribution is -2.45. The smallest absolute Gasteiger partial charge is 0.231 e. The van der Waals surface area contributed by atoms with Crippen molar-refractivity contribution in [1.82, 2.24) is 20.1 Å². The van der Waals surface area contributed by atoms with Gasteiger partial charge in [0, 0.05) is 30.9 Å². The Bertz CT molecular complexity index is 1140. The van der Waals surface area contributed by atoms with Crippen LogP contribution in [0.5, 0.6) is 17.2 Å². The van der Waals surface area contributed by atoms with Gasteiger partial charge < -0.3 is 24.3 Å². The van der Waals surface area contributed by atoms with Crippen molar-refractivity contribution in [3.8, 4) is 22.9 Å². The Morgan fingerprint density at radius 3 is 2.74 bits per heavy atom. The Kier molecular flexibility index (Phi) is 6.59. The van der Waals surface area contributed by atoms with Crippen molar-refractivity contribution in [3.63, 3.8) is 0 Å². The third-order valence-corrected chi connectivity index (χ3v) is 7.20. The van der Waals surface area contributed by atoms with E-state index >= 15 is 0 Å². The summed E-state index contributed by atoms with van der Waals surface area (Å²) < 4.78 is 23.7. The average molecular weight is 483 g/mol. The molecule has 5 rings (SSSR count). The number of amides is 1. The molecule has 9 nitrogen and oxygen atoms in total. The van der Waals surface area contributed by atoms with Crippen LogP contribution in [0.15, 0.2) is 53.9 Å². The fraction of sp³-hybridized carbons (Fsp3) is 0.375. The van der Waals surface area contributed by atoms with Crippen molar-refractivity contribution in [1.29, 1.82) is 0 Å². The summed E-state index contributed by atoms with van der Waals surface area (Å²) in [5.74, 6) is 2.47. The molecule has 0 radical (unpaired) electrons. The number of hydrogen-bond donors (Lipinski definition) is 1. The molecule has 3 aromatic rings. The van der Waals surface area contributed by atoms with E-state index in [0.29, 0.717) is 24.9 Å². The van der Waals surface area contributed by atoms with E-state index in [1.807, 2.05) is 41.0 Å². The number of ether oxygens (including phenoxy) is 4. The molecule has 0 unspecified atom stereocenters. The van der Waals surface area contributed by atoms with Crippen LogP contribution in [0.25, 0.3) is 5.69 Å². The highest BCUT2D eigenvalue weighted by molar-refractivity contribution is 7.99. The minimum atomic E-state index is -0.206. The molecule has 1 fully saturated rings. The largest absolute Gasteiger partial charge is 0.497 e. The van der Waals surface area contributed by atoms with E-state index in [0.717, 1.165) is 41.3 Å². The lowest BCUT2D eigenvalue weighted by atomic mass is 9.74. The maximum Gasteiger partial charge on any atom is 0.231 e. The highest BCUT2D eigenvalue weighted by atomic mass is 32.2. The number of nitrogens with one attached hydrogen (secondary N) is 1. The van der Waals surface area contributed by atoms with Crippen LogP contribution in [0, 0.1) is 0 Å². The molecule has 3 heterocycles. The monoisotopic (exact) mass is 482 g/mol. The molecular weight excluding hydrogens is 456 g/mol. The molecule has 178 valence electrons. The van der Waals surface area contributed by atoms with E-state index in [2.05, 4.69) is 21.6 Å². The number of carbonyl (C=O) groups is 1. The number of benzene rings is 2. The van der Waals surface area contributed by atoms with E-state index in [9.17, 15) is 4.79 Å². The molecule has 2 aromatic carbocycles. The minimum absolute atomic E-state index is 0.0547. The summed E-state index contributed by atoms with van der Waals surface area (Å²) in [6.07, 6.45) is 3.29. The van der Waals surface area contributed by atoms with E-state index in [4.69, 9.17) is 18.9 Å². The number of aromatic nitrogens is 3. The Morgan fingerprint density at radius 1 is 1.15 bits per heavy atom. The van der Waals surface area contributed by atoms with Gasteiger partial charge in [0.15, 0.2) is 16.7 Å². The summed E-state index contributed by atoms with van der Waals surface area (Å²) >= 11 is 1.35. The van der Waals surface area contributed by atoms with Crippen LogP contribution < -0.4 is 19.5 Å². The topological polar surface area (TPSA) is 96.7 Å². The zero-order valence-corrected chi connectivity index (χ0v) is 19.7. The minimum Gasteiger partial charge on any atom is -0.497 e. The summed E-state index contributed by atoms with van der Waals surface area (Å²) in [4.78, 5) is 12.8. The zero-order chi connectivity index (χ0) is 23.4. The van der Waals surface area contributed by atoms with Crippen molar-refractivity contribution in [2.75, 3.05) is 39.4 Å². The number of carbonyl (C=O) groups excluding carboxylic acids is 1. The van der Waals surface area contributed by atoms with Gasteiger partial charge in [0.2, 0.25) is 12.7 Å². The first-order chi connectivity index (χ1) is 16.7. The van der Waals surface area contributed by atoms with Crippen LogP contribution in [-0.2, 0) is 14.9 Å². The van der Waals surface area contributed by atoms with Gasteiger partial charge in [0.25, 0.3) is 0 Å². The van der Waals surface area contributed by atoms with E-state index in [1.54, 1.807) is 13.4 Å². The summed E-state index contributed by atoms with van der Waals surface area (Å²) in [5, 5.41) is 12.0.